The number of carbonyl (C=O) groups is 2. The van der Waals surface area contributed by atoms with E-state index in [1.54, 1.807) is 16.8 Å². The molecular weight excluding hydrogens is 491 g/mol. The van der Waals surface area contributed by atoms with Crippen LogP contribution in [0.15, 0.2) is 16.9 Å². The molecule has 0 radical (unpaired) electrons. The standard InChI is InChI=1S/C26H33FN8O3/c1-31-7-3-4-17-21(31)29-25(30-22(17)36)35-8-5-26(6-9-35)20-18(27)14-16(15-19(20)32(2)23(26)37)33-10-12-34(13-11-33)24(28)38/h14-15H,3-13H2,1-2H3,(H2,28,38)(H,29,30,36). The molecule has 202 valence electrons. The highest BCUT2D eigenvalue weighted by atomic mass is 19.1. The van der Waals surface area contributed by atoms with Gasteiger partial charge in [-0.15, -0.1) is 0 Å². The van der Waals surface area contributed by atoms with E-state index >= 15 is 4.39 Å². The van der Waals surface area contributed by atoms with Gasteiger partial charge in [0.05, 0.1) is 16.7 Å². The van der Waals surface area contributed by atoms with Crippen LogP contribution in [0.1, 0.15) is 30.4 Å². The van der Waals surface area contributed by atoms with Gasteiger partial charge in [0.25, 0.3) is 5.56 Å². The fourth-order valence-electron chi connectivity index (χ4n) is 6.55. The molecule has 1 aromatic carbocycles. The number of carbonyl (C=O) groups excluding carboxylic acids is 2. The zero-order valence-electron chi connectivity index (χ0n) is 21.8. The zero-order chi connectivity index (χ0) is 26.8. The number of primary amides is 1. The predicted octanol–water partition coefficient (Wildman–Crippen LogP) is 1.01. The molecule has 0 saturated carbocycles. The lowest BCUT2D eigenvalue weighted by molar-refractivity contribution is -0.123. The molecule has 0 bridgehead atoms. The molecule has 4 aliphatic heterocycles. The first kappa shape index (κ1) is 24.5. The minimum absolute atomic E-state index is 0.103. The van der Waals surface area contributed by atoms with E-state index in [4.69, 9.17) is 10.7 Å². The molecule has 2 aromatic rings. The molecule has 38 heavy (non-hydrogen) atoms. The van der Waals surface area contributed by atoms with E-state index in [9.17, 15) is 14.4 Å². The fraction of sp³-hybridized carbons (Fsp3) is 0.538. The maximum Gasteiger partial charge on any atom is 0.314 e. The maximum atomic E-state index is 15.8. The van der Waals surface area contributed by atoms with Gasteiger partial charge >= 0.3 is 6.03 Å². The molecule has 2 fully saturated rings. The molecule has 5 heterocycles. The number of likely N-dealkylation sites (N-methyl/N-ethyl adjacent to an activating group) is 1. The van der Waals surface area contributed by atoms with Crippen LogP contribution in [-0.4, -0.2) is 86.7 Å². The van der Waals surface area contributed by atoms with Crippen LogP contribution in [0.5, 0.6) is 0 Å². The zero-order valence-corrected chi connectivity index (χ0v) is 21.8. The third kappa shape index (κ3) is 3.68. The Morgan fingerprint density at radius 1 is 1.03 bits per heavy atom. The number of rotatable bonds is 2. The van der Waals surface area contributed by atoms with Gasteiger partial charge in [0.15, 0.2) is 0 Å². The second kappa shape index (κ2) is 8.88. The second-order valence-corrected chi connectivity index (χ2v) is 10.8. The molecular formula is C26H33FN8O3. The number of piperazine rings is 1. The van der Waals surface area contributed by atoms with Gasteiger partial charge in [-0.3, -0.25) is 14.6 Å². The summed E-state index contributed by atoms with van der Waals surface area (Å²) in [6.45, 7) is 3.82. The molecule has 0 atom stereocenters. The molecule has 0 unspecified atom stereocenters. The Hall–Kier alpha value is -3.83. The number of aromatic amines is 1. The van der Waals surface area contributed by atoms with E-state index in [2.05, 4.69) is 4.98 Å². The van der Waals surface area contributed by atoms with Crippen molar-refractivity contribution in [2.45, 2.75) is 31.1 Å². The summed E-state index contributed by atoms with van der Waals surface area (Å²) < 4.78 is 15.8. The number of halogens is 1. The van der Waals surface area contributed by atoms with Gasteiger partial charge in [-0.25, -0.2) is 9.18 Å². The summed E-state index contributed by atoms with van der Waals surface area (Å²) in [6, 6.07) is 2.94. The van der Waals surface area contributed by atoms with Gasteiger partial charge in [-0.2, -0.15) is 4.98 Å². The van der Waals surface area contributed by atoms with Crippen molar-refractivity contribution in [3.05, 3.63) is 39.4 Å². The van der Waals surface area contributed by atoms with Crippen molar-refractivity contribution < 1.29 is 14.0 Å². The van der Waals surface area contributed by atoms with Crippen molar-refractivity contribution in [3.63, 3.8) is 0 Å². The average Bonchev–Trinajstić information content (AvgIpc) is 3.11. The number of nitrogens with zero attached hydrogens (tertiary/aromatic N) is 6. The predicted molar refractivity (Wildman–Crippen MR) is 143 cm³/mol. The highest BCUT2D eigenvalue weighted by Crippen LogP contribution is 2.50. The molecule has 0 aliphatic carbocycles. The van der Waals surface area contributed by atoms with E-state index in [-0.39, 0.29) is 17.3 Å². The lowest BCUT2D eigenvalue weighted by Gasteiger charge is -2.39. The van der Waals surface area contributed by atoms with E-state index in [0.717, 1.165) is 13.0 Å². The Balaban J connectivity index is 1.26. The van der Waals surface area contributed by atoms with Crippen molar-refractivity contribution in [1.82, 2.24) is 14.9 Å². The molecule has 11 nitrogen and oxygen atoms in total. The number of anilines is 4. The maximum absolute atomic E-state index is 15.8. The summed E-state index contributed by atoms with van der Waals surface area (Å²) in [6.07, 6.45) is 2.48. The van der Waals surface area contributed by atoms with Crippen molar-refractivity contribution >= 4 is 35.1 Å². The van der Waals surface area contributed by atoms with E-state index < -0.39 is 11.4 Å². The summed E-state index contributed by atoms with van der Waals surface area (Å²) >= 11 is 0. The first-order chi connectivity index (χ1) is 18.2. The highest BCUT2D eigenvalue weighted by molar-refractivity contribution is 6.08. The lowest BCUT2D eigenvalue weighted by Crippen LogP contribution is -2.50. The topological polar surface area (TPSA) is 122 Å². The molecule has 3 N–H and O–H groups in total. The average molecular weight is 525 g/mol. The summed E-state index contributed by atoms with van der Waals surface area (Å²) in [5.74, 6) is 0.728. The fourth-order valence-corrected chi connectivity index (χ4v) is 6.55. The minimum atomic E-state index is -0.945. The number of nitrogens with two attached hydrogens (primary N) is 1. The normalized spacial score (nSPS) is 20.7. The summed E-state index contributed by atoms with van der Waals surface area (Å²) in [4.78, 5) is 54.7. The smallest absolute Gasteiger partial charge is 0.314 e. The van der Waals surface area contributed by atoms with E-state index in [1.165, 1.54) is 6.07 Å². The van der Waals surface area contributed by atoms with E-state index in [1.807, 2.05) is 27.8 Å². The van der Waals surface area contributed by atoms with Crippen LogP contribution in [-0.2, 0) is 16.6 Å². The number of urea groups is 1. The number of hydrogen-bond donors (Lipinski definition) is 2. The summed E-state index contributed by atoms with van der Waals surface area (Å²) in [7, 11) is 3.65. The summed E-state index contributed by atoms with van der Waals surface area (Å²) in [5, 5.41) is 0. The van der Waals surface area contributed by atoms with Gasteiger partial charge < -0.3 is 30.2 Å². The van der Waals surface area contributed by atoms with Crippen molar-refractivity contribution in [3.8, 4) is 0 Å². The number of nitrogens with one attached hydrogen (secondary N) is 1. The number of benzene rings is 1. The Kier molecular flexibility index (Phi) is 5.73. The quantitative estimate of drug-likeness (QED) is 0.601. The number of aromatic nitrogens is 2. The monoisotopic (exact) mass is 524 g/mol. The molecule has 4 aliphatic rings. The van der Waals surface area contributed by atoms with Crippen molar-refractivity contribution in [2.75, 3.05) is 79.5 Å². The number of amides is 3. The largest absolute Gasteiger partial charge is 0.368 e. The Morgan fingerprint density at radius 3 is 2.42 bits per heavy atom. The van der Waals surface area contributed by atoms with Gasteiger partial charge in [0, 0.05) is 71.2 Å². The minimum Gasteiger partial charge on any atom is -0.368 e. The first-order valence-electron chi connectivity index (χ1n) is 13.2. The third-order valence-corrected chi connectivity index (χ3v) is 8.74. The molecule has 6 rings (SSSR count). The lowest BCUT2D eigenvalue weighted by atomic mass is 9.73. The number of hydrogen-bond acceptors (Lipinski definition) is 7. The van der Waals surface area contributed by atoms with Crippen LogP contribution in [0.4, 0.5) is 32.3 Å². The van der Waals surface area contributed by atoms with Gasteiger partial charge in [-0.05, 0) is 37.8 Å². The van der Waals surface area contributed by atoms with Crippen LogP contribution in [0, 0.1) is 5.82 Å². The van der Waals surface area contributed by atoms with Crippen LogP contribution in [0.3, 0.4) is 0 Å². The molecule has 3 amide bonds. The number of H-pyrrole nitrogens is 1. The van der Waals surface area contributed by atoms with Crippen molar-refractivity contribution in [1.29, 1.82) is 0 Å². The molecule has 12 heteroatoms. The second-order valence-electron chi connectivity index (χ2n) is 10.8. The van der Waals surface area contributed by atoms with Gasteiger partial charge in [0.1, 0.15) is 11.6 Å². The highest BCUT2D eigenvalue weighted by Gasteiger charge is 2.53. The Morgan fingerprint density at radius 2 is 1.74 bits per heavy atom. The third-order valence-electron chi connectivity index (χ3n) is 8.74. The molecule has 1 aromatic heterocycles. The van der Waals surface area contributed by atoms with Crippen molar-refractivity contribution in [2.24, 2.45) is 5.73 Å². The number of fused-ring (bicyclic) bond motifs is 3. The Labute approximate surface area is 220 Å². The first-order valence-corrected chi connectivity index (χ1v) is 13.2. The van der Waals surface area contributed by atoms with Crippen LogP contribution >= 0.6 is 0 Å². The number of piperidine rings is 1. The van der Waals surface area contributed by atoms with Crippen LogP contribution in [0.2, 0.25) is 0 Å². The SMILES string of the molecule is CN1CCCc2c1nc(N1CCC3(CC1)C(=O)N(C)c1cc(N4CCN(C(N)=O)CC4)cc(F)c13)[nH]c2=O. The van der Waals surface area contributed by atoms with Crippen LogP contribution in [0.25, 0.3) is 0 Å². The molecule has 2 saturated heterocycles. The van der Waals surface area contributed by atoms with Gasteiger partial charge in [-0.1, -0.05) is 0 Å². The van der Waals surface area contributed by atoms with E-state index in [0.29, 0.717) is 92.8 Å². The summed E-state index contributed by atoms with van der Waals surface area (Å²) in [5.41, 5.74) is 6.79. The Bertz CT molecular complexity index is 1360. The van der Waals surface area contributed by atoms with Gasteiger partial charge in [0.2, 0.25) is 11.9 Å². The van der Waals surface area contributed by atoms with Crippen LogP contribution < -0.4 is 30.9 Å². The molecule has 1 spiro atoms.